The molecular weight excluding hydrogens is 231 g/mol. The first-order chi connectivity index (χ1) is 7.86. The van der Waals surface area contributed by atoms with Crippen LogP contribution in [0.2, 0.25) is 0 Å². The van der Waals surface area contributed by atoms with Gasteiger partial charge < -0.3 is 10.5 Å². The molecule has 1 unspecified atom stereocenters. The Hall–Kier alpha value is -1.23. The molecule has 0 fully saturated rings. The van der Waals surface area contributed by atoms with Crippen molar-refractivity contribution in [3.05, 3.63) is 29.8 Å². The Kier molecular flexibility index (Phi) is 4.40. The molecule has 0 saturated carbocycles. The average Bonchev–Trinajstić information content (AvgIpc) is 2.24. The number of hydrogen-bond acceptors (Lipinski definition) is 2. The number of nitrogens with two attached hydrogens (primary N) is 1. The van der Waals surface area contributed by atoms with Gasteiger partial charge in [-0.05, 0) is 17.5 Å². The first-order valence-electron chi connectivity index (χ1n) is 5.38. The number of para-hydroxylation sites is 1. The minimum absolute atomic E-state index is 0.0952. The normalized spacial score (nSPS) is 13.8. The lowest BCUT2D eigenvalue weighted by Gasteiger charge is -2.22. The Morgan fingerprint density at radius 3 is 2.29 bits per heavy atom. The second-order valence-electron chi connectivity index (χ2n) is 4.08. The highest BCUT2D eigenvalue weighted by Crippen LogP contribution is 2.30. The van der Waals surface area contributed by atoms with Crippen LogP contribution in [0.25, 0.3) is 0 Å². The molecule has 0 radical (unpaired) electrons. The Morgan fingerprint density at radius 1 is 1.24 bits per heavy atom. The van der Waals surface area contributed by atoms with Crippen LogP contribution in [-0.2, 0) is 0 Å². The van der Waals surface area contributed by atoms with Crippen molar-refractivity contribution in [2.24, 2.45) is 5.73 Å². The molecule has 0 amide bonds. The van der Waals surface area contributed by atoms with E-state index in [1.54, 1.807) is 18.2 Å². The van der Waals surface area contributed by atoms with E-state index in [1.807, 2.05) is 13.8 Å². The lowest BCUT2D eigenvalue weighted by atomic mass is 10.0. The summed E-state index contributed by atoms with van der Waals surface area (Å²) in [5.74, 6) is 0.341. The molecule has 0 aliphatic rings. The highest BCUT2D eigenvalue weighted by molar-refractivity contribution is 5.35. The monoisotopic (exact) mass is 247 g/mol. The van der Waals surface area contributed by atoms with Gasteiger partial charge in [-0.2, -0.15) is 13.2 Å². The number of rotatable bonds is 4. The van der Waals surface area contributed by atoms with Crippen molar-refractivity contribution in [1.29, 1.82) is 0 Å². The zero-order chi connectivity index (χ0) is 13.1. The van der Waals surface area contributed by atoms with Crippen molar-refractivity contribution in [3.8, 4) is 5.75 Å². The molecule has 1 aromatic carbocycles. The van der Waals surface area contributed by atoms with Crippen LogP contribution in [0, 0.1) is 0 Å². The smallest absolute Gasteiger partial charge is 0.426 e. The summed E-state index contributed by atoms with van der Waals surface area (Å²) in [6.07, 6.45) is -6.40. The summed E-state index contributed by atoms with van der Waals surface area (Å²) in [6.45, 7) is 3.20. The summed E-state index contributed by atoms with van der Waals surface area (Å²) >= 11 is 0. The van der Waals surface area contributed by atoms with Crippen LogP contribution >= 0.6 is 0 Å². The van der Waals surface area contributed by atoms with Crippen molar-refractivity contribution in [2.45, 2.75) is 32.0 Å². The van der Waals surface area contributed by atoms with Gasteiger partial charge in [-0.25, -0.2) is 0 Å². The van der Waals surface area contributed by atoms with Gasteiger partial charge in [0, 0.05) is 6.54 Å². The maximum Gasteiger partial charge on any atom is 0.426 e. The maximum atomic E-state index is 12.5. The van der Waals surface area contributed by atoms with E-state index in [0.29, 0.717) is 0 Å². The molecule has 0 saturated heterocycles. The standard InChI is InChI=1S/C12H16F3NO/c1-8(2)9-5-3-4-6-10(9)17-11(7-16)12(13,14)15/h3-6,8,11H,7,16H2,1-2H3. The third kappa shape index (κ3) is 3.63. The minimum Gasteiger partial charge on any atom is -0.479 e. The molecule has 17 heavy (non-hydrogen) atoms. The second-order valence-corrected chi connectivity index (χ2v) is 4.08. The molecule has 2 nitrogen and oxygen atoms in total. The van der Waals surface area contributed by atoms with Crippen LogP contribution < -0.4 is 10.5 Å². The van der Waals surface area contributed by atoms with Crippen LogP contribution in [0.1, 0.15) is 25.3 Å². The fourth-order valence-electron chi connectivity index (χ4n) is 1.47. The first-order valence-corrected chi connectivity index (χ1v) is 5.38. The Bertz CT molecular complexity index is 363. The molecule has 0 aliphatic carbocycles. The molecule has 5 heteroatoms. The number of ether oxygens (including phenoxy) is 1. The van der Waals surface area contributed by atoms with Gasteiger partial charge in [0.1, 0.15) is 5.75 Å². The van der Waals surface area contributed by atoms with Crippen molar-refractivity contribution in [1.82, 2.24) is 0 Å². The Morgan fingerprint density at radius 2 is 1.82 bits per heavy atom. The van der Waals surface area contributed by atoms with Gasteiger partial charge in [-0.15, -0.1) is 0 Å². The fourth-order valence-corrected chi connectivity index (χ4v) is 1.47. The minimum atomic E-state index is -4.45. The zero-order valence-corrected chi connectivity index (χ0v) is 9.79. The van der Waals surface area contributed by atoms with Crippen molar-refractivity contribution >= 4 is 0 Å². The summed E-state index contributed by atoms with van der Waals surface area (Å²) in [4.78, 5) is 0. The first kappa shape index (κ1) is 13.8. The highest BCUT2D eigenvalue weighted by Gasteiger charge is 2.41. The Balaban J connectivity index is 2.94. The third-order valence-corrected chi connectivity index (χ3v) is 2.39. The quantitative estimate of drug-likeness (QED) is 0.887. The van der Waals surface area contributed by atoms with Gasteiger partial charge in [0.15, 0.2) is 0 Å². The lowest BCUT2D eigenvalue weighted by Crippen LogP contribution is -2.40. The van der Waals surface area contributed by atoms with E-state index in [0.717, 1.165) is 5.56 Å². The summed E-state index contributed by atoms with van der Waals surface area (Å²) in [5, 5.41) is 0. The molecule has 1 atom stereocenters. The van der Waals surface area contributed by atoms with Crippen LogP contribution in [0.4, 0.5) is 13.2 Å². The maximum absolute atomic E-state index is 12.5. The molecule has 1 rings (SSSR count). The molecule has 0 aliphatic heterocycles. The number of halogens is 3. The number of alkyl halides is 3. The second kappa shape index (κ2) is 5.40. The van der Waals surface area contributed by atoms with E-state index >= 15 is 0 Å². The van der Waals surface area contributed by atoms with E-state index in [1.165, 1.54) is 6.07 Å². The summed E-state index contributed by atoms with van der Waals surface area (Å²) < 4.78 is 42.6. The molecule has 0 bridgehead atoms. The number of hydrogen-bond donors (Lipinski definition) is 1. The molecule has 96 valence electrons. The van der Waals surface area contributed by atoms with Crippen molar-refractivity contribution < 1.29 is 17.9 Å². The fraction of sp³-hybridized carbons (Fsp3) is 0.500. The zero-order valence-electron chi connectivity index (χ0n) is 9.79. The topological polar surface area (TPSA) is 35.2 Å². The molecule has 0 spiro atoms. The molecule has 0 heterocycles. The molecular formula is C12H16F3NO. The highest BCUT2D eigenvalue weighted by atomic mass is 19.4. The largest absolute Gasteiger partial charge is 0.479 e. The van der Waals surface area contributed by atoms with Crippen LogP contribution in [0.15, 0.2) is 24.3 Å². The Labute approximate surface area is 98.6 Å². The van der Waals surface area contributed by atoms with Gasteiger partial charge >= 0.3 is 6.18 Å². The third-order valence-electron chi connectivity index (χ3n) is 2.39. The van der Waals surface area contributed by atoms with Gasteiger partial charge in [0.05, 0.1) is 0 Å². The summed E-state index contributed by atoms with van der Waals surface area (Å²) in [5.41, 5.74) is 5.83. The predicted molar refractivity (Wildman–Crippen MR) is 60.1 cm³/mol. The van der Waals surface area contributed by atoms with E-state index in [9.17, 15) is 13.2 Å². The van der Waals surface area contributed by atoms with Gasteiger partial charge in [-0.1, -0.05) is 32.0 Å². The van der Waals surface area contributed by atoms with Crippen molar-refractivity contribution in [3.63, 3.8) is 0 Å². The lowest BCUT2D eigenvalue weighted by molar-refractivity contribution is -0.191. The molecule has 0 aromatic heterocycles. The van der Waals surface area contributed by atoms with E-state index < -0.39 is 18.8 Å². The average molecular weight is 247 g/mol. The summed E-state index contributed by atoms with van der Waals surface area (Å²) in [7, 11) is 0. The van der Waals surface area contributed by atoms with Gasteiger partial charge in [0.2, 0.25) is 6.10 Å². The van der Waals surface area contributed by atoms with E-state index in [-0.39, 0.29) is 11.7 Å². The van der Waals surface area contributed by atoms with Crippen molar-refractivity contribution in [2.75, 3.05) is 6.54 Å². The number of benzene rings is 1. The van der Waals surface area contributed by atoms with Gasteiger partial charge in [-0.3, -0.25) is 0 Å². The predicted octanol–water partition coefficient (Wildman–Crippen LogP) is 3.08. The van der Waals surface area contributed by atoms with Crippen LogP contribution in [-0.4, -0.2) is 18.8 Å². The molecule has 2 N–H and O–H groups in total. The SMILES string of the molecule is CC(C)c1ccccc1OC(CN)C(F)(F)F. The molecule has 1 aromatic rings. The van der Waals surface area contributed by atoms with E-state index in [2.05, 4.69) is 0 Å². The van der Waals surface area contributed by atoms with E-state index in [4.69, 9.17) is 10.5 Å². The summed E-state index contributed by atoms with van der Waals surface area (Å²) in [6, 6.07) is 6.70. The van der Waals surface area contributed by atoms with Crippen LogP contribution in [0.5, 0.6) is 5.75 Å². The van der Waals surface area contributed by atoms with Gasteiger partial charge in [0.25, 0.3) is 0 Å². The van der Waals surface area contributed by atoms with Crippen LogP contribution in [0.3, 0.4) is 0 Å².